The number of rotatable bonds is 5. The van der Waals surface area contributed by atoms with Crippen molar-refractivity contribution >= 4 is 11.2 Å². The summed E-state index contributed by atoms with van der Waals surface area (Å²) in [5.74, 6) is 1.90. The zero-order valence-electron chi connectivity index (χ0n) is 13.2. The summed E-state index contributed by atoms with van der Waals surface area (Å²) in [7, 11) is 5.79. The fourth-order valence-corrected chi connectivity index (χ4v) is 2.59. The molecule has 3 aromatic rings. The standard InChI is InChI=1S/C17H20N4O/c1-20(2)12-16-19-17-14(8-6-10-18-17)21(16)11-13-7-4-5-9-15(13)22-3/h4-10H,11-12H2,1-3H3. The predicted molar refractivity (Wildman–Crippen MR) is 87.0 cm³/mol. The Morgan fingerprint density at radius 1 is 1.14 bits per heavy atom. The largest absolute Gasteiger partial charge is 0.496 e. The van der Waals surface area contributed by atoms with Gasteiger partial charge in [0.1, 0.15) is 11.6 Å². The molecule has 114 valence electrons. The second kappa shape index (κ2) is 6.15. The molecule has 0 aliphatic heterocycles. The van der Waals surface area contributed by atoms with E-state index in [0.717, 1.165) is 41.4 Å². The maximum absolute atomic E-state index is 5.47. The Kier molecular flexibility index (Phi) is 4.06. The van der Waals surface area contributed by atoms with Crippen LogP contribution in [-0.4, -0.2) is 40.6 Å². The van der Waals surface area contributed by atoms with Crippen LogP contribution in [0.5, 0.6) is 5.75 Å². The Bertz CT molecular complexity index is 779. The van der Waals surface area contributed by atoms with Crippen molar-refractivity contribution in [3.63, 3.8) is 0 Å². The van der Waals surface area contributed by atoms with Gasteiger partial charge in [0.2, 0.25) is 0 Å². The van der Waals surface area contributed by atoms with E-state index < -0.39 is 0 Å². The highest BCUT2D eigenvalue weighted by Gasteiger charge is 2.14. The van der Waals surface area contributed by atoms with Gasteiger partial charge in [0.05, 0.1) is 25.7 Å². The lowest BCUT2D eigenvalue weighted by Crippen LogP contribution is -2.16. The van der Waals surface area contributed by atoms with E-state index in [1.807, 2.05) is 38.4 Å². The van der Waals surface area contributed by atoms with Crippen molar-refractivity contribution in [3.05, 3.63) is 54.0 Å². The third-order valence-electron chi connectivity index (χ3n) is 3.58. The first-order valence-electron chi connectivity index (χ1n) is 7.26. The van der Waals surface area contributed by atoms with E-state index in [2.05, 4.69) is 31.6 Å². The van der Waals surface area contributed by atoms with Crippen LogP contribution in [-0.2, 0) is 13.1 Å². The summed E-state index contributed by atoms with van der Waals surface area (Å²) in [4.78, 5) is 11.2. The highest BCUT2D eigenvalue weighted by Crippen LogP contribution is 2.22. The van der Waals surface area contributed by atoms with Gasteiger partial charge in [-0.25, -0.2) is 9.97 Å². The van der Waals surface area contributed by atoms with Crippen molar-refractivity contribution in [1.82, 2.24) is 19.4 Å². The van der Waals surface area contributed by atoms with E-state index in [4.69, 9.17) is 4.74 Å². The van der Waals surface area contributed by atoms with Gasteiger partial charge in [0, 0.05) is 11.8 Å². The zero-order valence-corrected chi connectivity index (χ0v) is 13.2. The van der Waals surface area contributed by atoms with Crippen molar-refractivity contribution < 1.29 is 4.74 Å². The molecule has 0 aliphatic carbocycles. The van der Waals surface area contributed by atoms with Crippen LogP contribution in [0.15, 0.2) is 42.6 Å². The fraction of sp³-hybridized carbons (Fsp3) is 0.294. The molecule has 0 radical (unpaired) electrons. The molecular weight excluding hydrogens is 276 g/mol. The maximum Gasteiger partial charge on any atom is 0.177 e. The topological polar surface area (TPSA) is 43.2 Å². The van der Waals surface area contributed by atoms with Crippen LogP contribution < -0.4 is 4.74 Å². The molecule has 0 saturated heterocycles. The fourth-order valence-electron chi connectivity index (χ4n) is 2.59. The number of para-hydroxylation sites is 1. The number of fused-ring (bicyclic) bond motifs is 1. The Hall–Kier alpha value is -2.40. The molecule has 0 unspecified atom stereocenters. The van der Waals surface area contributed by atoms with E-state index in [-0.39, 0.29) is 0 Å². The van der Waals surface area contributed by atoms with Gasteiger partial charge in [-0.05, 0) is 32.3 Å². The summed E-state index contributed by atoms with van der Waals surface area (Å²) in [6.07, 6.45) is 1.78. The quantitative estimate of drug-likeness (QED) is 0.726. The number of ether oxygens (including phenoxy) is 1. The average Bonchev–Trinajstić information content (AvgIpc) is 2.85. The Labute approximate surface area is 130 Å². The Balaban J connectivity index is 2.08. The summed E-state index contributed by atoms with van der Waals surface area (Å²) < 4.78 is 7.68. The third-order valence-corrected chi connectivity index (χ3v) is 3.58. The average molecular weight is 296 g/mol. The minimum atomic E-state index is 0.718. The number of nitrogens with zero attached hydrogens (tertiary/aromatic N) is 4. The number of hydrogen-bond acceptors (Lipinski definition) is 4. The molecule has 22 heavy (non-hydrogen) atoms. The van der Waals surface area contributed by atoms with Crippen molar-refractivity contribution in [2.45, 2.75) is 13.1 Å². The molecule has 2 heterocycles. The van der Waals surface area contributed by atoms with Gasteiger partial charge in [-0.3, -0.25) is 0 Å². The van der Waals surface area contributed by atoms with Crippen molar-refractivity contribution in [2.75, 3.05) is 21.2 Å². The van der Waals surface area contributed by atoms with Crippen LogP contribution in [0.1, 0.15) is 11.4 Å². The molecule has 0 N–H and O–H groups in total. The summed E-state index contributed by atoms with van der Waals surface area (Å²) in [5, 5.41) is 0. The Morgan fingerprint density at radius 2 is 1.95 bits per heavy atom. The molecule has 0 amide bonds. The lowest BCUT2D eigenvalue weighted by Gasteiger charge is -2.14. The predicted octanol–water partition coefficient (Wildman–Crippen LogP) is 2.55. The monoisotopic (exact) mass is 296 g/mol. The molecule has 1 aromatic carbocycles. The molecule has 3 rings (SSSR count). The van der Waals surface area contributed by atoms with Crippen LogP contribution in [0, 0.1) is 0 Å². The molecular formula is C17H20N4O. The number of hydrogen-bond donors (Lipinski definition) is 0. The van der Waals surface area contributed by atoms with Crippen LogP contribution in [0.2, 0.25) is 0 Å². The molecule has 0 atom stereocenters. The van der Waals surface area contributed by atoms with E-state index in [1.54, 1.807) is 13.3 Å². The number of methoxy groups -OCH3 is 1. The zero-order chi connectivity index (χ0) is 15.5. The summed E-state index contributed by atoms with van der Waals surface area (Å²) in [6, 6.07) is 12.1. The molecule has 0 fully saturated rings. The van der Waals surface area contributed by atoms with E-state index in [1.165, 1.54) is 0 Å². The molecule has 0 bridgehead atoms. The van der Waals surface area contributed by atoms with E-state index in [9.17, 15) is 0 Å². The van der Waals surface area contributed by atoms with Gasteiger partial charge < -0.3 is 14.2 Å². The van der Waals surface area contributed by atoms with Crippen LogP contribution in [0.25, 0.3) is 11.2 Å². The first kappa shape index (κ1) is 14.5. The van der Waals surface area contributed by atoms with Crippen molar-refractivity contribution in [1.29, 1.82) is 0 Å². The first-order valence-corrected chi connectivity index (χ1v) is 7.26. The molecule has 0 spiro atoms. The molecule has 5 heteroatoms. The third kappa shape index (κ3) is 2.80. The number of aromatic nitrogens is 3. The number of pyridine rings is 1. The number of benzene rings is 1. The van der Waals surface area contributed by atoms with Gasteiger partial charge in [0.25, 0.3) is 0 Å². The summed E-state index contributed by atoms with van der Waals surface area (Å²) >= 11 is 0. The smallest absolute Gasteiger partial charge is 0.177 e. The lowest BCUT2D eigenvalue weighted by molar-refractivity contribution is 0.382. The maximum atomic E-state index is 5.47. The van der Waals surface area contributed by atoms with E-state index >= 15 is 0 Å². The first-order chi connectivity index (χ1) is 10.7. The van der Waals surface area contributed by atoms with Crippen LogP contribution >= 0.6 is 0 Å². The second-order valence-electron chi connectivity index (χ2n) is 5.51. The van der Waals surface area contributed by atoms with Crippen molar-refractivity contribution in [3.8, 4) is 5.75 Å². The minimum Gasteiger partial charge on any atom is -0.496 e. The lowest BCUT2D eigenvalue weighted by atomic mass is 10.2. The molecule has 0 saturated carbocycles. The van der Waals surface area contributed by atoms with Gasteiger partial charge in [-0.15, -0.1) is 0 Å². The summed E-state index contributed by atoms with van der Waals surface area (Å²) in [6.45, 7) is 1.49. The Morgan fingerprint density at radius 3 is 2.73 bits per heavy atom. The number of imidazole rings is 1. The minimum absolute atomic E-state index is 0.718. The normalized spacial score (nSPS) is 11.3. The molecule has 5 nitrogen and oxygen atoms in total. The van der Waals surface area contributed by atoms with Crippen LogP contribution in [0.3, 0.4) is 0 Å². The van der Waals surface area contributed by atoms with Gasteiger partial charge in [0.15, 0.2) is 5.65 Å². The molecule has 2 aromatic heterocycles. The second-order valence-corrected chi connectivity index (χ2v) is 5.51. The highest BCUT2D eigenvalue weighted by molar-refractivity contribution is 5.71. The molecule has 0 aliphatic rings. The summed E-state index contributed by atoms with van der Waals surface area (Å²) in [5.41, 5.74) is 2.97. The van der Waals surface area contributed by atoms with Crippen LogP contribution in [0.4, 0.5) is 0 Å². The van der Waals surface area contributed by atoms with Gasteiger partial charge in [-0.2, -0.15) is 0 Å². The van der Waals surface area contributed by atoms with Crippen molar-refractivity contribution in [2.24, 2.45) is 0 Å². The van der Waals surface area contributed by atoms with E-state index in [0.29, 0.717) is 0 Å². The highest BCUT2D eigenvalue weighted by atomic mass is 16.5. The SMILES string of the molecule is COc1ccccc1Cn1c(CN(C)C)nc2ncccc21. The van der Waals surface area contributed by atoms with Gasteiger partial charge >= 0.3 is 0 Å². The van der Waals surface area contributed by atoms with Gasteiger partial charge in [-0.1, -0.05) is 18.2 Å².